The van der Waals surface area contributed by atoms with Gasteiger partial charge in [-0.15, -0.1) is 0 Å². The van der Waals surface area contributed by atoms with Crippen LogP contribution in [0.1, 0.15) is 23.5 Å². The Morgan fingerprint density at radius 2 is 1.96 bits per heavy atom. The summed E-state index contributed by atoms with van der Waals surface area (Å²) in [6.45, 7) is 1.43. The van der Waals surface area contributed by atoms with Crippen LogP contribution < -0.4 is 20.7 Å². The quantitative estimate of drug-likeness (QED) is 0.542. The minimum atomic E-state index is 0.0583. The van der Waals surface area contributed by atoms with Gasteiger partial charge in [0.2, 0.25) is 5.91 Å². The van der Waals surface area contributed by atoms with Gasteiger partial charge in [0, 0.05) is 38.2 Å². The monoisotopic (exact) mass is 366 g/mol. The number of nitrogens with zero attached hydrogens (tertiary/aromatic N) is 1. The van der Waals surface area contributed by atoms with Crippen molar-refractivity contribution in [3.8, 4) is 5.75 Å². The van der Waals surface area contributed by atoms with Gasteiger partial charge in [-0.3, -0.25) is 9.79 Å². The topological polar surface area (TPSA) is 74.8 Å². The molecule has 0 saturated heterocycles. The van der Waals surface area contributed by atoms with Crippen LogP contribution in [-0.2, 0) is 11.2 Å². The number of aliphatic imine (C=N–C) groups is 1. The van der Waals surface area contributed by atoms with Gasteiger partial charge in [0.25, 0.3) is 0 Å². The maximum atomic E-state index is 11.9. The number of amides is 1. The lowest BCUT2D eigenvalue weighted by atomic mass is 9.90. The van der Waals surface area contributed by atoms with Crippen molar-refractivity contribution in [3.05, 3.63) is 59.7 Å². The molecule has 2 aromatic carbocycles. The molecule has 0 aromatic heterocycles. The van der Waals surface area contributed by atoms with Crippen molar-refractivity contribution < 1.29 is 9.53 Å². The van der Waals surface area contributed by atoms with Gasteiger partial charge in [0.05, 0.1) is 7.11 Å². The first-order valence-corrected chi connectivity index (χ1v) is 9.16. The largest absolute Gasteiger partial charge is 0.497 e. The van der Waals surface area contributed by atoms with E-state index in [1.54, 1.807) is 14.2 Å². The maximum absolute atomic E-state index is 11.9. The molecular formula is C21H26N4O2. The molecule has 3 N–H and O–H groups in total. The lowest BCUT2D eigenvalue weighted by molar-refractivity contribution is -0.116. The van der Waals surface area contributed by atoms with Crippen LogP contribution >= 0.6 is 0 Å². The molecule has 0 fully saturated rings. The molecule has 1 amide bonds. The first-order chi connectivity index (χ1) is 13.2. The van der Waals surface area contributed by atoms with Gasteiger partial charge >= 0.3 is 0 Å². The normalized spacial score (nSPS) is 16.3. The molecular weight excluding hydrogens is 340 g/mol. The molecule has 0 bridgehead atoms. The smallest absolute Gasteiger partial charge is 0.225 e. The van der Waals surface area contributed by atoms with Gasteiger partial charge < -0.3 is 20.7 Å². The van der Waals surface area contributed by atoms with E-state index in [0.29, 0.717) is 13.0 Å². The number of anilines is 1. The molecule has 6 heteroatoms. The van der Waals surface area contributed by atoms with Gasteiger partial charge in [0.1, 0.15) is 5.75 Å². The van der Waals surface area contributed by atoms with Crippen molar-refractivity contribution in [3.63, 3.8) is 0 Å². The number of fused-ring (bicyclic) bond motifs is 1. The van der Waals surface area contributed by atoms with E-state index in [1.807, 2.05) is 30.3 Å². The maximum Gasteiger partial charge on any atom is 0.225 e. The van der Waals surface area contributed by atoms with Crippen molar-refractivity contribution in [2.45, 2.75) is 18.8 Å². The lowest BCUT2D eigenvalue weighted by Crippen LogP contribution is -2.41. The van der Waals surface area contributed by atoms with Crippen LogP contribution in [-0.4, -0.2) is 39.1 Å². The van der Waals surface area contributed by atoms with Crippen LogP contribution in [0.25, 0.3) is 0 Å². The van der Waals surface area contributed by atoms with Crippen molar-refractivity contribution in [1.82, 2.24) is 10.6 Å². The molecule has 3 rings (SSSR count). The average molecular weight is 366 g/mol. The van der Waals surface area contributed by atoms with Crippen LogP contribution in [0.2, 0.25) is 0 Å². The Hall–Kier alpha value is -3.02. The van der Waals surface area contributed by atoms with Crippen molar-refractivity contribution in [2.24, 2.45) is 4.99 Å². The lowest BCUT2D eigenvalue weighted by Gasteiger charge is -2.26. The zero-order chi connectivity index (χ0) is 19.1. The Morgan fingerprint density at radius 3 is 2.70 bits per heavy atom. The van der Waals surface area contributed by atoms with Crippen LogP contribution in [0.5, 0.6) is 5.75 Å². The average Bonchev–Trinajstić information content (AvgIpc) is 2.70. The number of benzene rings is 2. The van der Waals surface area contributed by atoms with Crippen molar-refractivity contribution >= 4 is 17.6 Å². The number of para-hydroxylation sites is 1. The zero-order valence-corrected chi connectivity index (χ0v) is 15.8. The summed E-state index contributed by atoms with van der Waals surface area (Å²) in [5.74, 6) is 1.80. The fraction of sp³-hybridized carbons (Fsp3) is 0.333. The number of carbonyl (C=O) groups is 1. The standard InChI is InChI=1S/C21H26N4O2/c1-22-21(23-12-11-15-7-9-17(27-2)10-8-15)24-14-16-13-20(26)25-19-6-4-3-5-18(16)19/h3-10,16H,11-14H2,1-2H3,(H,25,26)(H2,22,23,24). The minimum absolute atomic E-state index is 0.0583. The highest BCUT2D eigenvalue weighted by Crippen LogP contribution is 2.31. The SMILES string of the molecule is CN=C(NCCc1ccc(OC)cc1)NCC1CC(=O)Nc2ccccc21. The summed E-state index contributed by atoms with van der Waals surface area (Å²) >= 11 is 0. The number of hydrogen-bond donors (Lipinski definition) is 3. The Bertz CT molecular complexity index is 802. The Morgan fingerprint density at radius 1 is 1.19 bits per heavy atom. The number of ether oxygens (including phenoxy) is 1. The highest BCUT2D eigenvalue weighted by atomic mass is 16.5. The minimum Gasteiger partial charge on any atom is -0.497 e. The summed E-state index contributed by atoms with van der Waals surface area (Å²) in [6.07, 6.45) is 1.37. The molecule has 0 aliphatic carbocycles. The molecule has 1 heterocycles. The second kappa shape index (κ2) is 9.07. The second-order valence-corrected chi connectivity index (χ2v) is 6.51. The van der Waals surface area contributed by atoms with Crippen molar-refractivity contribution in [1.29, 1.82) is 0 Å². The molecule has 6 nitrogen and oxygen atoms in total. The number of rotatable bonds is 6. The zero-order valence-electron chi connectivity index (χ0n) is 15.8. The summed E-state index contributed by atoms with van der Waals surface area (Å²) in [5.41, 5.74) is 3.30. The number of nitrogens with one attached hydrogen (secondary N) is 3. The van der Waals surface area contributed by atoms with E-state index < -0.39 is 0 Å². The van der Waals surface area contributed by atoms with E-state index in [0.717, 1.165) is 30.4 Å². The van der Waals surface area contributed by atoms with Crippen LogP contribution in [0.15, 0.2) is 53.5 Å². The molecule has 27 heavy (non-hydrogen) atoms. The molecule has 1 aliphatic rings. The third-order valence-corrected chi connectivity index (χ3v) is 4.71. The van der Waals surface area contributed by atoms with Gasteiger partial charge in [-0.2, -0.15) is 0 Å². The van der Waals surface area contributed by atoms with Gasteiger partial charge in [-0.25, -0.2) is 0 Å². The first kappa shape index (κ1) is 18.8. The predicted octanol–water partition coefficient (Wildman–Crippen LogP) is 2.53. The van der Waals surface area contributed by atoms with Crippen LogP contribution in [0.3, 0.4) is 0 Å². The number of methoxy groups -OCH3 is 1. The Labute approximate surface area is 160 Å². The van der Waals surface area contributed by atoms with E-state index >= 15 is 0 Å². The molecule has 142 valence electrons. The van der Waals surface area contributed by atoms with Crippen LogP contribution in [0, 0.1) is 0 Å². The second-order valence-electron chi connectivity index (χ2n) is 6.51. The summed E-state index contributed by atoms with van der Waals surface area (Å²) in [6, 6.07) is 16.0. The molecule has 0 radical (unpaired) electrons. The fourth-order valence-corrected chi connectivity index (χ4v) is 3.24. The molecule has 1 atom stereocenters. The van der Waals surface area contributed by atoms with E-state index in [-0.39, 0.29) is 11.8 Å². The highest BCUT2D eigenvalue weighted by Gasteiger charge is 2.24. The molecule has 0 saturated carbocycles. The Balaban J connectivity index is 1.50. The number of guanidine groups is 1. The van der Waals surface area contributed by atoms with Gasteiger partial charge in [0.15, 0.2) is 5.96 Å². The molecule has 1 unspecified atom stereocenters. The predicted molar refractivity (Wildman–Crippen MR) is 108 cm³/mol. The van der Waals surface area contributed by atoms with Gasteiger partial charge in [-0.1, -0.05) is 30.3 Å². The summed E-state index contributed by atoms with van der Waals surface area (Å²) < 4.78 is 5.18. The Kier molecular flexibility index (Phi) is 6.30. The third kappa shape index (κ3) is 5.00. The molecule has 2 aromatic rings. The van der Waals surface area contributed by atoms with Gasteiger partial charge in [-0.05, 0) is 35.7 Å². The highest BCUT2D eigenvalue weighted by molar-refractivity contribution is 5.94. The first-order valence-electron chi connectivity index (χ1n) is 9.16. The molecule has 0 spiro atoms. The molecule has 1 aliphatic heterocycles. The summed E-state index contributed by atoms with van der Waals surface area (Å²) in [7, 11) is 3.42. The fourth-order valence-electron chi connectivity index (χ4n) is 3.24. The number of hydrogen-bond acceptors (Lipinski definition) is 3. The summed E-state index contributed by atoms with van der Waals surface area (Å²) in [4.78, 5) is 16.2. The van der Waals surface area contributed by atoms with E-state index in [4.69, 9.17) is 4.74 Å². The van der Waals surface area contributed by atoms with E-state index in [2.05, 4.69) is 39.1 Å². The van der Waals surface area contributed by atoms with E-state index in [1.165, 1.54) is 11.1 Å². The van der Waals surface area contributed by atoms with E-state index in [9.17, 15) is 4.79 Å². The summed E-state index contributed by atoms with van der Waals surface area (Å²) in [5, 5.41) is 9.60. The van der Waals surface area contributed by atoms with Crippen LogP contribution in [0.4, 0.5) is 5.69 Å². The third-order valence-electron chi connectivity index (χ3n) is 4.71. The van der Waals surface area contributed by atoms with Crippen molar-refractivity contribution in [2.75, 3.05) is 32.6 Å². The number of carbonyl (C=O) groups excluding carboxylic acids is 1.